The summed E-state index contributed by atoms with van der Waals surface area (Å²) in [5, 5.41) is 22.5. The first-order valence-corrected chi connectivity index (χ1v) is 12.2. The number of aromatic amines is 2. The van der Waals surface area contributed by atoms with E-state index < -0.39 is 0 Å². The quantitative estimate of drug-likeness (QED) is 0.281. The Bertz CT molecular complexity index is 1520. The van der Waals surface area contributed by atoms with Crippen molar-refractivity contribution in [2.45, 2.75) is 0 Å². The number of carbonyl (C=O) groups is 1. The van der Waals surface area contributed by atoms with Gasteiger partial charge in [-0.15, -0.1) is 5.10 Å². The summed E-state index contributed by atoms with van der Waals surface area (Å²) in [7, 11) is 2.11. The molecule has 4 N–H and O–H groups in total. The maximum absolute atomic E-state index is 13.0. The first-order chi connectivity index (χ1) is 18.1. The summed E-state index contributed by atoms with van der Waals surface area (Å²) in [6.45, 7) is 3.71. The summed E-state index contributed by atoms with van der Waals surface area (Å²) in [6.07, 6.45) is 5.24. The highest BCUT2D eigenvalue weighted by Crippen LogP contribution is 2.26. The van der Waals surface area contributed by atoms with E-state index in [2.05, 4.69) is 52.9 Å². The van der Waals surface area contributed by atoms with Crippen LogP contribution in [0.2, 0.25) is 0 Å². The highest BCUT2D eigenvalue weighted by Gasteiger charge is 2.17. The molecule has 1 fully saturated rings. The molecule has 10 nitrogen and oxygen atoms in total. The van der Waals surface area contributed by atoms with E-state index in [1.807, 2.05) is 60.8 Å². The molecule has 0 bridgehead atoms. The molecule has 0 saturated carbocycles. The number of anilines is 4. The Morgan fingerprint density at radius 2 is 1.70 bits per heavy atom. The van der Waals surface area contributed by atoms with Gasteiger partial charge in [0.1, 0.15) is 5.69 Å². The van der Waals surface area contributed by atoms with Crippen molar-refractivity contribution in [2.24, 2.45) is 0 Å². The van der Waals surface area contributed by atoms with Crippen molar-refractivity contribution >= 4 is 39.7 Å². The van der Waals surface area contributed by atoms with Crippen LogP contribution in [0.3, 0.4) is 0 Å². The van der Waals surface area contributed by atoms with Gasteiger partial charge in [-0.1, -0.05) is 18.2 Å². The highest BCUT2D eigenvalue weighted by molar-refractivity contribution is 6.06. The lowest BCUT2D eigenvalue weighted by Crippen LogP contribution is -2.44. The fourth-order valence-electron chi connectivity index (χ4n) is 4.46. The van der Waals surface area contributed by atoms with E-state index in [0.29, 0.717) is 11.4 Å². The van der Waals surface area contributed by atoms with Crippen molar-refractivity contribution in [1.29, 1.82) is 0 Å². The molecule has 2 aromatic carbocycles. The molecule has 1 aliphatic rings. The molecule has 0 atom stereocenters. The van der Waals surface area contributed by atoms with Crippen LogP contribution in [0, 0.1) is 0 Å². The van der Waals surface area contributed by atoms with Crippen LogP contribution in [0.25, 0.3) is 22.0 Å². The first-order valence-electron chi connectivity index (χ1n) is 12.2. The monoisotopic (exact) mass is 493 g/mol. The van der Waals surface area contributed by atoms with Gasteiger partial charge in [0, 0.05) is 66.3 Å². The van der Waals surface area contributed by atoms with E-state index >= 15 is 0 Å². The minimum atomic E-state index is -0.224. The molecule has 37 heavy (non-hydrogen) atoms. The number of amides is 1. The highest BCUT2D eigenvalue weighted by atomic mass is 16.1. The average Bonchev–Trinajstić information content (AvgIpc) is 3.60. The Morgan fingerprint density at radius 3 is 2.49 bits per heavy atom. The third-order valence-corrected chi connectivity index (χ3v) is 6.60. The summed E-state index contributed by atoms with van der Waals surface area (Å²) in [4.78, 5) is 20.7. The second-order valence-electron chi connectivity index (χ2n) is 9.22. The van der Waals surface area contributed by atoms with Crippen molar-refractivity contribution in [3.63, 3.8) is 0 Å². The van der Waals surface area contributed by atoms with E-state index in [1.165, 1.54) is 0 Å². The fourth-order valence-corrected chi connectivity index (χ4v) is 4.46. The molecule has 1 aliphatic heterocycles. The molecule has 4 heterocycles. The maximum Gasteiger partial charge on any atom is 0.272 e. The van der Waals surface area contributed by atoms with Gasteiger partial charge in [0.2, 0.25) is 0 Å². The molecular formula is C27H27N9O. The third kappa shape index (κ3) is 5.00. The number of likely N-dealkylation sites (N-methyl/N-ethyl adjacent to an activating group) is 1. The van der Waals surface area contributed by atoms with Gasteiger partial charge in [-0.2, -0.15) is 10.2 Å². The smallest absolute Gasteiger partial charge is 0.272 e. The minimum absolute atomic E-state index is 0.224. The van der Waals surface area contributed by atoms with Gasteiger partial charge in [0.05, 0.1) is 18.1 Å². The molecule has 1 amide bonds. The van der Waals surface area contributed by atoms with Crippen LogP contribution >= 0.6 is 0 Å². The standard InChI is InChI=1S/C27H27N9O/c1-35-8-10-36(11-9-35)26-14-23(17-30-34-26)32-27(37)25-12-19-4-7-22(13-24(19)33-25)31-21-5-2-18(3-6-21)20-15-28-29-16-20/h2-7,12-17,31,33H,8-11H2,1H3,(H,28,29)(H,32,34,37). The maximum atomic E-state index is 13.0. The zero-order valence-electron chi connectivity index (χ0n) is 20.4. The number of nitrogens with one attached hydrogen (secondary N) is 4. The fraction of sp³-hybridized carbons (Fsp3) is 0.185. The minimum Gasteiger partial charge on any atom is -0.355 e. The lowest BCUT2D eigenvalue weighted by atomic mass is 10.1. The Balaban J connectivity index is 1.14. The molecule has 0 unspecified atom stereocenters. The van der Waals surface area contributed by atoms with Crippen LogP contribution in [0.5, 0.6) is 0 Å². The van der Waals surface area contributed by atoms with E-state index in [9.17, 15) is 4.79 Å². The zero-order chi connectivity index (χ0) is 25.2. The number of nitrogens with zero attached hydrogens (tertiary/aromatic N) is 5. The Kier molecular flexibility index (Phi) is 5.99. The van der Waals surface area contributed by atoms with E-state index in [0.717, 1.165) is 65.4 Å². The molecule has 186 valence electrons. The second kappa shape index (κ2) is 9.75. The SMILES string of the molecule is CN1CCN(c2cc(NC(=O)c3cc4ccc(Nc5ccc(-c6cn[nH]c6)cc5)cc4[nH]3)cnn2)CC1. The molecule has 0 radical (unpaired) electrons. The summed E-state index contributed by atoms with van der Waals surface area (Å²) in [5.41, 5.74) is 6.00. The summed E-state index contributed by atoms with van der Waals surface area (Å²) >= 11 is 0. The van der Waals surface area contributed by atoms with Crippen molar-refractivity contribution < 1.29 is 4.79 Å². The Labute approximate surface area is 213 Å². The topological polar surface area (TPSA) is 118 Å². The van der Waals surface area contributed by atoms with Gasteiger partial charge in [0.15, 0.2) is 5.82 Å². The number of hydrogen-bond donors (Lipinski definition) is 4. The number of rotatable bonds is 6. The van der Waals surface area contributed by atoms with Crippen LogP contribution in [0.15, 0.2) is 73.2 Å². The summed E-state index contributed by atoms with van der Waals surface area (Å²) in [5.74, 6) is 0.550. The number of carbonyl (C=O) groups excluding carboxylic acids is 1. The normalized spacial score (nSPS) is 14.1. The Hall–Kier alpha value is -4.70. The lowest BCUT2D eigenvalue weighted by Gasteiger charge is -2.32. The van der Waals surface area contributed by atoms with Crippen molar-refractivity contribution in [2.75, 3.05) is 48.8 Å². The lowest BCUT2D eigenvalue weighted by molar-refractivity contribution is 0.102. The van der Waals surface area contributed by atoms with Crippen molar-refractivity contribution in [1.82, 2.24) is 30.3 Å². The van der Waals surface area contributed by atoms with Crippen LogP contribution in [-0.4, -0.2) is 69.4 Å². The molecule has 3 aromatic heterocycles. The zero-order valence-corrected chi connectivity index (χ0v) is 20.4. The molecule has 10 heteroatoms. The largest absolute Gasteiger partial charge is 0.355 e. The molecule has 1 saturated heterocycles. The molecule has 6 rings (SSSR count). The van der Waals surface area contributed by atoms with Crippen molar-refractivity contribution in [3.05, 3.63) is 78.9 Å². The molecule has 0 aliphatic carbocycles. The van der Waals surface area contributed by atoms with Gasteiger partial charge in [-0.05, 0) is 42.9 Å². The van der Waals surface area contributed by atoms with Crippen LogP contribution < -0.4 is 15.5 Å². The van der Waals surface area contributed by atoms with Gasteiger partial charge >= 0.3 is 0 Å². The van der Waals surface area contributed by atoms with E-state index in [1.54, 1.807) is 12.4 Å². The number of piperazine rings is 1. The number of fused-ring (bicyclic) bond motifs is 1. The summed E-state index contributed by atoms with van der Waals surface area (Å²) in [6, 6.07) is 17.9. The number of H-pyrrole nitrogens is 2. The summed E-state index contributed by atoms with van der Waals surface area (Å²) < 4.78 is 0. The van der Waals surface area contributed by atoms with E-state index in [4.69, 9.17) is 0 Å². The third-order valence-electron chi connectivity index (χ3n) is 6.60. The predicted molar refractivity (Wildman–Crippen MR) is 145 cm³/mol. The van der Waals surface area contributed by atoms with Gasteiger partial charge in [0.25, 0.3) is 5.91 Å². The number of hydrogen-bond acceptors (Lipinski definition) is 7. The molecule has 5 aromatic rings. The Morgan fingerprint density at radius 1 is 0.892 bits per heavy atom. The second-order valence-corrected chi connectivity index (χ2v) is 9.22. The average molecular weight is 494 g/mol. The van der Waals surface area contributed by atoms with Crippen LogP contribution in [0.1, 0.15) is 10.5 Å². The van der Waals surface area contributed by atoms with Crippen LogP contribution in [-0.2, 0) is 0 Å². The van der Waals surface area contributed by atoms with Crippen molar-refractivity contribution in [3.8, 4) is 11.1 Å². The predicted octanol–water partition coefficient (Wildman–Crippen LogP) is 4.10. The number of aromatic nitrogens is 5. The number of benzene rings is 2. The van der Waals surface area contributed by atoms with Crippen LogP contribution in [0.4, 0.5) is 22.9 Å². The first kappa shape index (κ1) is 22.7. The molecular weight excluding hydrogens is 466 g/mol. The van der Waals surface area contributed by atoms with Gasteiger partial charge in [-0.25, -0.2) is 0 Å². The van der Waals surface area contributed by atoms with Gasteiger partial charge < -0.3 is 25.4 Å². The van der Waals surface area contributed by atoms with E-state index in [-0.39, 0.29) is 5.91 Å². The molecule has 0 spiro atoms. The van der Waals surface area contributed by atoms with Gasteiger partial charge in [-0.3, -0.25) is 9.89 Å².